The summed E-state index contributed by atoms with van der Waals surface area (Å²) in [6.45, 7) is 0. The smallest absolute Gasteiger partial charge is 0.498 e. The molecule has 1 heterocycles. The predicted molar refractivity (Wildman–Crippen MR) is 79.2 cm³/mol. The van der Waals surface area contributed by atoms with Gasteiger partial charge in [-0.05, 0) is 22.9 Å². The first-order chi connectivity index (χ1) is 9.30. The maximum absolute atomic E-state index is 5.24. The van der Waals surface area contributed by atoms with E-state index in [1.807, 2.05) is 30.3 Å². The zero-order chi connectivity index (χ0) is 13.2. The first-order valence-corrected chi connectivity index (χ1v) is 6.76. The molecule has 0 spiro atoms. The zero-order valence-corrected chi connectivity index (χ0v) is 12.6. The van der Waals surface area contributed by atoms with Crippen LogP contribution in [0.4, 0.5) is 0 Å². The standard InChI is InChI=1S/C16H13O2S.Li/c1-17-13-6-3-11(4-7-13)15-9-12-5-8-14(18-2)10-16(12)19-15;/h3-8,10H,1-2H3;/q-1;+1. The van der Waals surface area contributed by atoms with Gasteiger partial charge in [-0.3, -0.25) is 0 Å². The van der Waals surface area contributed by atoms with Crippen LogP contribution in [-0.2, 0) is 0 Å². The molecule has 0 saturated heterocycles. The molecule has 3 aromatic rings. The Bertz CT molecular complexity index is 704. The molecular formula is C16H13LiO2S. The fourth-order valence-corrected chi connectivity index (χ4v) is 2.99. The molecule has 0 bridgehead atoms. The first-order valence-electron chi connectivity index (χ1n) is 5.94. The van der Waals surface area contributed by atoms with Gasteiger partial charge in [0.25, 0.3) is 0 Å². The van der Waals surface area contributed by atoms with E-state index in [4.69, 9.17) is 9.47 Å². The normalized spacial score (nSPS) is 10.1. The molecule has 1 aromatic heterocycles. The fourth-order valence-electron chi connectivity index (χ4n) is 1.95. The number of thiophene rings is 1. The average Bonchev–Trinajstić information content (AvgIpc) is 2.90. The van der Waals surface area contributed by atoms with Gasteiger partial charge in [-0.2, -0.15) is 0 Å². The van der Waals surface area contributed by atoms with Crippen LogP contribution >= 0.6 is 11.3 Å². The van der Waals surface area contributed by atoms with Crippen molar-refractivity contribution in [3.63, 3.8) is 0 Å². The topological polar surface area (TPSA) is 18.5 Å². The fraction of sp³-hybridized carbons (Fsp3) is 0.125. The summed E-state index contributed by atoms with van der Waals surface area (Å²) in [5.41, 5.74) is 1.15. The van der Waals surface area contributed by atoms with Crippen LogP contribution in [0.3, 0.4) is 0 Å². The Hall–Kier alpha value is -1.40. The van der Waals surface area contributed by atoms with Crippen molar-refractivity contribution < 1.29 is 28.3 Å². The van der Waals surface area contributed by atoms with Crippen LogP contribution in [-0.4, -0.2) is 14.2 Å². The predicted octanol–water partition coefficient (Wildman–Crippen LogP) is 1.39. The molecule has 0 aliphatic rings. The largest absolute Gasteiger partial charge is 1.00 e. The van der Waals surface area contributed by atoms with E-state index in [2.05, 4.69) is 18.2 Å². The minimum Gasteiger partial charge on any atom is -0.498 e. The van der Waals surface area contributed by atoms with Crippen LogP contribution in [0.2, 0.25) is 0 Å². The average molecular weight is 276 g/mol. The first kappa shape index (κ1) is 15.0. The molecule has 3 rings (SSSR count). The Morgan fingerprint density at radius 1 is 0.900 bits per heavy atom. The summed E-state index contributed by atoms with van der Waals surface area (Å²) in [6, 6.07) is 17.5. The maximum atomic E-state index is 5.24. The number of ether oxygens (including phenoxy) is 2. The van der Waals surface area contributed by atoms with Crippen molar-refractivity contribution in [2.45, 2.75) is 0 Å². The number of hydrogen-bond donors (Lipinski definition) is 0. The maximum Gasteiger partial charge on any atom is 1.00 e. The molecule has 4 heteroatoms. The molecule has 0 aliphatic carbocycles. The Morgan fingerprint density at radius 3 is 2.20 bits per heavy atom. The molecule has 0 saturated carbocycles. The molecule has 0 radical (unpaired) electrons. The Kier molecular flexibility index (Phi) is 4.77. The third kappa shape index (κ3) is 2.86. The van der Waals surface area contributed by atoms with Crippen molar-refractivity contribution in [2.24, 2.45) is 0 Å². The van der Waals surface area contributed by atoms with Crippen LogP contribution in [0.15, 0.2) is 42.5 Å². The quantitative estimate of drug-likeness (QED) is 0.531. The summed E-state index contributed by atoms with van der Waals surface area (Å²) in [4.78, 5) is 1.13. The van der Waals surface area contributed by atoms with Crippen LogP contribution in [0.25, 0.3) is 20.5 Å². The summed E-state index contributed by atoms with van der Waals surface area (Å²) >= 11 is 1.72. The third-order valence-corrected chi connectivity index (χ3v) is 4.10. The molecule has 0 fully saturated rings. The van der Waals surface area contributed by atoms with Crippen molar-refractivity contribution in [3.05, 3.63) is 48.5 Å². The van der Waals surface area contributed by atoms with Gasteiger partial charge >= 0.3 is 18.9 Å². The minimum absolute atomic E-state index is 0. The molecule has 0 N–H and O–H groups in total. The van der Waals surface area contributed by atoms with E-state index < -0.39 is 0 Å². The zero-order valence-electron chi connectivity index (χ0n) is 11.8. The van der Waals surface area contributed by atoms with E-state index >= 15 is 0 Å². The van der Waals surface area contributed by atoms with Gasteiger partial charge < -0.3 is 9.47 Å². The van der Waals surface area contributed by atoms with E-state index in [1.54, 1.807) is 25.6 Å². The van der Waals surface area contributed by atoms with E-state index in [-0.39, 0.29) is 18.9 Å². The number of hydrogen-bond acceptors (Lipinski definition) is 3. The Morgan fingerprint density at radius 2 is 1.55 bits per heavy atom. The SMILES string of the molecule is COc1ccc(-c2[c-]c3ccc(OC)cc3s2)cc1.[Li+]. The molecule has 0 amide bonds. The molecule has 2 aromatic carbocycles. The summed E-state index contributed by atoms with van der Waals surface area (Å²) in [5, 5.41) is 1.12. The summed E-state index contributed by atoms with van der Waals surface area (Å²) in [7, 11) is 3.36. The Balaban J connectivity index is 0.00000147. The van der Waals surface area contributed by atoms with Gasteiger partial charge in [-0.25, -0.2) is 11.3 Å². The van der Waals surface area contributed by atoms with Crippen molar-refractivity contribution in [3.8, 4) is 21.9 Å². The van der Waals surface area contributed by atoms with Gasteiger partial charge in [0.15, 0.2) is 0 Å². The molecule has 0 aliphatic heterocycles. The second-order valence-corrected chi connectivity index (χ2v) is 5.20. The molecule has 0 atom stereocenters. The summed E-state index contributed by atoms with van der Waals surface area (Å²) < 4.78 is 11.6. The van der Waals surface area contributed by atoms with Crippen LogP contribution in [0.5, 0.6) is 11.5 Å². The van der Waals surface area contributed by atoms with Gasteiger partial charge in [0, 0.05) is 0 Å². The number of methoxy groups -OCH3 is 2. The molecule has 20 heavy (non-hydrogen) atoms. The van der Waals surface area contributed by atoms with E-state index in [1.165, 1.54) is 4.70 Å². The second-order valence-electron chi connectivity index (χ2n) is 4.15. The van der Waals surface area contributed by atoms with E-state index in [9.17, 15) is 0 Å². The van der Waals surface area contributed by atoms with Gasteiger partial charge in [-0.1, -0.05) is 28.6 Å². The van der Waals surface area contributed by atoms with Crippen molar-refractivity contribution in [2.75, 3.05) is 14.2 Å². The second kappa shape index (κ2) is 6.36. The molecule has 2 nitrogen and oxygen atoms in total. The Labute approximate surface area is 134 Å². The van der Waals surface area contributed by atoms with E-state index in [0.29, 0.717) is 0 Å². The van der Waals surface area contributed by atoms with Crippen LogP contribution in [0.1, 0.15) is 0 Å². The van der Waals surface area contributed by atoms with Gasteiger partial charge in [0.1, 0.15) is 11.5 Å². The van der Waals surface area contributed by atoms with Crippen molar-refractivity contribution in [1.82, 2.24) is 0 Å². The van der Waals surface area contributed by atoms with E-state index in [0.717, 1.165) is 27.3 Å². The summed E-state index contributed by atoms with van der Waals surface area (Å²) in [6.07, 6.45) is 0. The third-order valence-electron chi connectivity index (χ3n) is 3.00. The molecule has 0 unspecified atom stereocenters. The number of benzene rings is 2. The minimum atomic E-state index is 0. The van der Waals surface area contributed by atoms with Gasteiger partial charge in [0.05, 0.1) is 14.2 Å². The van der Waals surface area contributed by atoms with Crippen molar-refractivity contribution >= 4 is 21.4 Å². The molecule has 96 valence electrons. The molecular weight excluding hydrogens is 263 g/mol. The number of rotatable bonds is 3. The van der Waals surface area contributed by atoms with Gasteiger partial charge in [-0.15, -0.1) is 17.5 Å². The van der Waals surface area contributed by atoms with Crippen molar-refractivity contribution in [1.29, 1.82) is 0 Å². The summed E-state index contributed by atoms with van der Waals surface area (Å²) in [5.74, 6) is 1.75. The van der Waals surface area contributed by atoms with Crippen LogP contribution in [0, 0.1) is 6.07 Å². The van der Waals surface area contributed by atoms with Gasteiger partial charge in [0.2, 0.25) is 0 Å². The van der Waals surface area contributed by atoms with Crippen LogP contribution < -0.4 is 28.3 Å². The monoisotopic (exact) mass is 276 g/mol. The number of fused-ring (bicyclic) bond motifs is 1.